The van der Waals surface area contributed by atoms with E-state index in [1.54, 1.807) is 14.2 Å². The number of likely N-dealkylation sites (tertiary alicyclic amines) is 1. The van der Waals surface area contributed by atoms with Gasteiger partial charge in [-0.3, -0.25) is 4.99 Å². The van der Waals surface area contributed by atoms with E-state index in [1.807, 2.05) is 13.8 Å². The summed E-state index contributed by atoms with van der Waals surface area (Å²) in [5.41, 5.74) is 7.62. The second-order valence-corrected chi connectivity index (χ2v) is 3.62. The molecule has 0 amide bonds. The number of nitrogens with zero attached hydrogens (tertiary/aromatic N) is 2. The van der Waals surface area contributed by atoms with Gasteiger partial charge >= 0.3 is 0 Å². The summed E-state index contributed by atoms with van der Waals surface area (Å²) in [6.07, 6.45) is 0.345. The molecule has 2 N–H and O–H groups in total. The van der Waals surface area contributed by atoms with Gasteiger partial charge in [0.05, 0.1) is 6.10 Å². The Kier molecular flexibility index (Phi) is 3.52. The molecule has 14 heavy (non-hydrogen) atoms. The summed E-state index contributed by atoms with van der Waals surface area (Å²) in [5.74, 6) is 0.985. The Bertz CT molecular complexity index is 261. The van der Waals surface area contributed by atoms with Crippen LogP contribution in [-0.4, -0.2) is 44.1 Å². The minimum Gasteiger partial charge on any atom is -0.402 e. The third kappa shape index (κ3) is 2.07. The molecule has 0 aromatic heterocycles. The number of hydrogen-bond donors (Lipinski definition) is 1. The summed E-state index contributed by atoms with van der Waals surface area (Å²) in [4.78, 5) is 6.43. The van der Waals surface area contributed by atoms with Crippen molar-refractivity contribution in [3.05, 3.63) is 11.3 Å². The van der Waals surface area contributed by atoms with E-state index in [0.717, 1.165) is 30.2 Å². The molecule has 1 fully saturated rings. The molecule has 0 aliphatic carbocycles. The van der Waals surface area contributed by atoms with Gasteiger partial charge in [0.1, 0.15) is 5.84 Å². The highest BCUT2D eigenvalue weighted by molar-refractivity contribution is 5.98. The first-order valence-electron chi connectivity index (χ1n) is 4.78. The molecule has 0 aromatic rings. The van der Waals surface area contributed by atoms with Gasteiger partial charge in [-0.1, -0.05) is 0 Å². The van der Waals surface area contributed by atoms with Crippen molar-refractivity contribution in [3.63, 3.8) is 0 Å². The zero-order valence-electron chi connectivity index (χ0n) is 9.37. The molecule has 1 aliphatic rings. The molecule has 0 atom stereocenters. The maximum Gasteiger partial charge on any atom is 0.128 e. The minimum atomic E-state index is 0.345. The van der Waals surface area contributed by atoms with Crippen LogP contribution in [0.2, 0.25) is 0 Å². The normalized spacial score (nSPS) is 20.6. The standard InChI is InChI=1S/C10H19N3O/c1-7(8(2)11)10(12-3)13-5-9(6-13)14-4/h9H,5-6,11H2,1-4H3/b8-7-,12-10+. The molecule has 0 unspecified atom stereocenters. The summed E-state index contributed by atoms with van der Waals surface area (Å²) in [6, 6.07) is 0. The van der Waals surface area contributed by atoms with E-state index in [-0.39, 0.29) is 0 Å². The van der Waals surface area contributed by atoms with Gasteiger partial charge in [0, 0.05) is 38.5 Å². The zero-order chi connectivity index (χ0) is 10.7. The Morgan fingerprint density at radius 3 is 2.36 bits per heavy atom. The smallest absolute Gasteiger partial charge is 0.128 e. The first kappa shape index (κ1) is 11.0. The lowest BCUT2D eigenvalue weighted by atomic mass is 10.1. The van der Waals surface area contributed by atoms with Crippen molar-refractivity contribution >= 4 is 5.84 Å². The van der Waals surface area contributed by atoms with Crippen molar-refractivity contribution < 1.29 is 4.74 Å². The van der Waals surface area contributed by atoms with Gasteiger partial charge in [-0.15, -0.1) is 0 Å². The van der Waals surface area contributed by atoms with Crippen molar-refractivity contribution in [1.82, 2.24) is 4.90 Å². The molecule has 4 nitrogen and oxygen atoms in total. The van der Waals surface area contributed by atoms with Crippen LogP contribution in [-0.2, 0) is 4.74 Å². The van der Waals surface area contributed by atoms with E-state index in [4.69, 9.17) is 10.5 Å². The Morgan fingerprint density at radius 2 is 2.00 bits per heavy atom. The monoisotopic (exact) mass is 197 g/mol. The van der Waals surface area contributed by atoms with Crippen LogP contribution in [0.1, 0.15) is 13.8 Å². The van der Waals surface area contributed by atoms with Gasteiger partial charge in [0.25, 0.3) is 0 Å². The van der Waals surface area contributed by atoms with Gasteiger partial charge in [0.2, 0.25) is 0 Å². The Labute approximate surface area is 85.4 Å². The van der Waals surface area contributed by atoms with Crippen molar-refractivity contribution in [2.45, 2.75) is 20.0 Å². The molecule has 1 rings (SSSR count). The summed E-state index contributed by atoms with van der Waals surface area (Å²) >= 11 is 0. The average Bonchev–Trinajstić information content (AvgIpc) is 2.09. The van der Waals surface area contributed by atoms with Crippen LogP contribution in [0, 0.1) is 0 Å². The second kappa shape index (κ2) is 4.46. The molecule has 0 radical (unpaired) electrons. The van der Waals surface area contributed by atoms with Gasteiger partial charge in [-0.2, -0.15) is 0 Å². The number of nitrogens with two attached hydrogens (primary N) is 1. The summed E-state index contributed by atoms with van der Waals surface area (Å²) in [5, 5.41) is 0. The highest BCUT2D eigenvalue weighted by Crippen LogP contribution is 2.16. The maximum atomic E-state index is 5.74. The topological polar surface area (TPSA) is 50.8 Å². The zero-order valence-corrected chi connectivity index (χ0v) is 9.37. The molecule has 1 aliphatic heterocycles. The van der Waals surface area contributed by atoms with Crippen LogP contribution in [0.4, 0.5) is 0 Å². The Morgan fingerprint density at radius 1 is 1.43 bits per heavy atom. The predicted octanol–water partition coefficient (Wildman–Crippen LogP) is 0.598. The fourth-order valence-corrected chi connectivity index (χ4v) is 1.48. The van der Waals surface area contributed by atoms with E-state index >= 15 is 0 Å². The van der Waals surface area contributed by atoms with Crippen LogP contribution >= 0.6 is 0 Å². The third-order valence-corrected chi connectivity index (χ3v) is 2.62. The number of ether oxygens (including phenoxy) is 1. The van der Waals surface area contributed by atoms with Crippen LogP contribution < -0.4 is 5.73 Å². The summed E-state index contributed by atoms with van der Waals surface area (Å²) in [7, 11) is 3.53. The number of allylic oxidation sites excluding steroid dienone is 1. The number of rotatable bonds is 2. The molecule has 0 saturated carbocycles. The van der Waals surface area contributed by atoms with Crippen LogP contribution in [0.5, 0.6) is 0 Å². The largest absolute Gasteiger partial charge is 0.402 e. The van der Waals surface area contributed by atoms with Gasteiger partial charge < -0.3 is 15.4 Å². The lowest BCUT2D eigenvalue weighted by Crippen LogP contribution is -2.54. The fourth-order valence-electron chi connectivity index (χ4n) is 1.48. The molecular weight excluding hydrogens is 178 g/mol. The molecule has 4 heteroatoms. The Balaban J connectivity index is 2.64. The first-order chi connectivity index (χ1) is 6.60. The van der Waals surface area contributed by atoms with E-state index in [1.165, 1.54) is 0 Å². The molecule has 1 saturated heterocycles. The van der Waals surface area contributed by atoms with E-state index in [2.05, 4.69) is 9.89 Å². The molecule has 1 heterocycles. The molecule has 0 bridgehead atoms. The molecule has 0 spiro atoms. The van der Waals surface area contributed by atoms with Gasteiger partial charge in [0.15, 0.2) is 0 Å². The Hall–Kier alpha value is -1.03. The van der Waals surface area contributed by atoms with Crippen LogP contribution in [0.3, 0.4) is 0 Å². The average molecular weight is 197 g/mol. The summed E-state index contributed by atoms with van der Waals surface area (Å²) < 4.78 is 5.21. The first-order valence-corrected chi connectivity index (χ1v) is 4.78. The van der Waals surface area contributed by atoms with Gasteiger partial charge in [-0.05, 0) is 13.8 Å². The number of amidine groups is 1. The number of aliphatic imine (C=N–C) groups is 1. The molecule has 80 valence electrons. The summed E-state index contributed by atoms with van der Waals surface area (Å²) in [6.45, 7) is 5.72. The van der Waals surface area contributed by atoms with E-state index in [0.29, 0.717) is 6.10 Å². The van der Waals surface area contributed by atoms with Crippen LogP contribution in [0.15, 0.2) is 16.3 Å². The SMILES string of the molecule is C/N=C(\C(C)=C(\C)N)N1CC(OC)C1. The van der Waals surface area contributed by atoms with E-state index < -0.39 is 0 Å². The molecular formula is C10H19N3O. The van der Waals surface area contributed by atoms with Crippen molar-refractivity contribution in [2.75, 3.05) is 27.2 Å². The lowest BCUT2D eigenvalue weighted by Gasteiger charge is -2.40. The molecule has 0 aromatic carbocycles. The van der Waals surface area contributed by atoms with Crippen molar-refractivity contribution in [1.29, 1.82) is 0 Å². The predicted molar refractivity (Wildman–Crippen MR) is 58.3 cm³/mol. The van der Waals surface area contributed by atoms with Crippen molar-refractivity contribution in [2.24, 2.45) is 10.7 Å². The number of hydrogen-bond acceptors (Lipinski definition) is 3. The quantitative estimate of drug-likeness (QED) is 0.521. The highest BCUT2D eigenvalue weighted by Gasteiger charge is 2.29. The van der Waals surface area contributed by atoms with Gasteiger partial charge in [-0.25, -0.2) is 0 Å². The minimum absolute atomic E-state index is 0.345. The van der Waals surface area contributed by atoms with Crippen molar-refractivity contribution in [3.8, 4) is 0 Å². The second-order valence-electron chi connectivity index (χ2n) is 3.62. The lowest BCUT2D eigenvalue weighted by molar-refractivity contribution is 0.00594. The maximum absolute atomic E-state index is 5.74. The number of methoxy groups -OCH3 is 1. The third-order valence-electron chi connectivity index (χ3n) is 2.62. The fraction of sp³-hybridized carbons (Fsp3) is 0.700. The van der Waals surface area contributed by atoms with E-state index in [9.17, 15) is 0 Å². The van der Waals surface area contributed by atoms with Crippen LogP contribution in [0.25, 0.3) is 0 Å². The highest BCUT2D eigenvalue weighted by atomic mass is 16.5.